The predicted molar refractivity (Wildman–Crippen MR) is 72.2 cm³/mol. The van der Waals surface area contributed by atoms with Gasteiger partial charge in [-0.1, -0.05) is 0 Å². The number of aromatic hydroxyl groups is 1. The van der Waals surface area contributed by atoms with E-state index in [-0.39, 0.29) is 18.4 Å². The van der Waals surface area contributed by atoms with Crippen LogP contribution in [0, 0.1) is 7.14 Å². The number of phenols is 1. The van der Waals surface area contributed by atoms with Gasteiger partial charge in [0.2, 0.25) is 0 Å². The van der Waals surface area contributed by atoms with Gasteiger partial charge in [0, 0.05) is 21.8 Å². The molecule has 4 N–H and O–H groups in total. The summed E-state index contributed by atoms with van der Waals surface area (Å²) in [5.41, 5.74) is 6.52. The average molecular weight is 419 g/mol. The van der Waals surface area contributed by atoms with Gasteiger partial charge in [0.15, 0.2) is 0 Å². The summed E-state index contributed by atoms with van der Waals surface area (Å²) in [6.07, 6.45) is 0.462. The lowest BCUT2D eigenvalue weighted by atomic mass is 10.0. The Morgan fingerprint density at radius 2 is 2.00 bits per heavy atom. The fourth-order valence-corrected chi connectivity index (χ4v) is 3.05. The summed E-state index contributed by atoms with van der Waals surface area (Å²) in [5.74, 6) is 0.229. The van der Waals surface area contributed by atoms with Crippen LogP contribution >= 0.6 is 45.2 Å². The molecule has 1 atom stereocenters. The Bertz CT molecular complexity index is 331. The van der Waals surface area contributed by atoms with Crippen LogP contribution in [0.15, 0.2) is 12.1 Å². The molecule has 1 aromatic carbocycles. The molecule has 1 aromatic rings. The molecule has 0 saturated heterocycles. The molecular formula is C9H11I2NO2. The van der Waals surface area contributed by atoms with Gasteiger partial charge in [0.25, 0.3) is 0 Å². The highest BCUT2D eigenvalue weighted by atomic mass is 127. The van der Waals surface area contributed by atoms with Gasteiger partial charge in [-0.3, -0.25) is 0 Å². The number of hydrogen-bond donors (Lipinski definition) is 3. The molecule has 0 aromatic heterocycles. The third-order valence-corrected chi connectivity index (χ3v) is 3.34. The largest absolute Gasteiger partial charge is 0.506 e. The topological polar surface area (TPSA) is 66.5 Å². The molecule has 0 aliphatic carbocycles. The molecule has 0 amide bonds. The van der Waals surface area contributed by atoms with E-state index in [2.05, 4.69) is 45.2 Å². The third-order valence-electron chi connectivity index (χ3n) is 1.90. The van der Waals surface area contributed by atoms with Crippen molar-refractivity contribution >= 4 is 45.2 Å². The molecule has 0 heterocycles. The second-order valence-corrected chi connectivity index (χ2v) is 5.35. The SMILES string of the molecule is N[C@H](CCO)c1cc(I)cc(I)c1O. The van der Waals surface area contributed by atoms with Crippen LogP contribution in [0.4, 0.5) is 0 Å². The number of hydrogen-bond acceptors (Lipinski definition) is 3. The van der Waals surface area contributed by atoms with Crippen molar-refractivity contribution in [2.24, 2.45) is 5.73 Å². The van der Waals surface area contributed by atoms with Crippen LogP contribution in [0.3, 0.4) is 0 Å². The Balaban J connectivity index is 3.07. The van der Waals surface area contributed by atoms with E-state index in [1.807, 2.05) is 12.1 Å². The van der Waals surface area contributed by atoms with E-state index in [1.54, 1.807) is 0 Å². The van der Waals surface area contributed by atoms with Gasteiger partial charge in [-0.2, -0.15) is 0 Å². The van der Waals surface area contributed by atoms with Gasteiger partial charge >= 0.3 is 0 Å². The Kier molecular flexibility index (Phi) is 4.88. The van der Waals surface area contributed by atoms with Crippen LogP contribution in [0.5, 0.6) is 5.75 Å². The van der Waals surface area contributed by atoms with Gasteiger partial charge in [-0.05, 0) is 63.7 Å². The van der Waals surface area contributed by atoms with E-state index in [0.29, 0.717) is 12.0 Å². The Morgan fingerprint density at radius 1 is 1.36 bits per heavy atom. The van der Waals surface area contributed by atoms with Gasteiger partial charge in [0.05, 0.1) is 3.57 Å². The first-order chi connectivity index (χ1) is 6.56. The Hall–Kier alpha value is 0.400. The highest BCUT2D eigenvalue weighted by Gasteiger charge is 2.13. The number of aliphatic hydroxyl groups excluding tert-OH is 1. The fourth-order valence-electron chi connectivity index (χ4n) is 1.16. The number of rotatable bonds is 3. The Labute approximate surface area is 110 Å². The Morgan fingerprint density at radius 3 is 2.57 bits per heavy atom. The maximum atomic E-state index is 9.75. The molecule has 78 valence electrons. The van der Waals surface area contributed by atoms with Gasteiger partial charge in [0.1, 0.15) is 5.75 Å². The van der Waals surface area contributed by atoms with Crippen LogP contribution in [0.2, 0.25) is 0 Å². The van der Waals surface area contributed by atoms with E-state index in [0.717, 1.165) is 7.14 Å². The zero-order valence-electron chi connectivity index (χ0n) is 7.37. The van der Waals surface area contributed by atoms with E-state index in [9.17, 15) is 5.11 Å². The van der Waals surface area contributed by atoms with Crippen molar-refractivity contribution < 1.29 is 10.2 Å². The third kappa shape index (κ3) is 2.94. The standard InChI is InChI=1S/C9H11I2NO2/c10-5-3-6(8(12)1-2-13)9(14)7(11)4-5/h3-4,8,13-14H,1-2,12H2/t8-/m1/s1. The van der Waals surface area contributed by atoms with Crippen molar-refractivity contribution in [3.63, 3.8) is 0 Å². The summed E-state index contributed by atoms with van der Waals surface area (Å²) in [4.78, 5) is 0. The number of phenolic OH excluding ortho intramolecular Hbond substituents is 1. The summed E-state index contributed by atoms with van der Waals surface area (Å²) in [6, 6.07) is 3.42. The maximum Gasteiger partial charge on any atom is 0.133 e. The molecule has 0 saturated carbocycles. The summed E-state index contributed by atoms with van der Waals surface area (Å²) in [7, 11) is 0. The first-order valence-electron chi connectivity index (χ1n) is 4.10. The van der Waals surface area contributed by atoms with Crippen LogP contribution in [-0.4, -0.2) is 16.8 Å². The normalized spacial score (nSPS) is 12.9. The predicted octanol–water partition coefficient (Wildman–Crippen LogP) is 1.98. The van der Waals surface area contributed by atoms with Crippen molar-refractivity contribution in [2.45, 2.75) is 12.5 Å². The highest BCUT2D eigenvalue weighted by molar-refractivity contribution is 14.1. The minimum atomic E-state index is -0.303. The smallest absolute Gasteiger partial charge is 0.133 e. The average Bonchev–Trinajstić information content (AvgIpc) is 2.11. The van der Waals surface area contributed by atoms with Gasteiger partial charge in [-0.25, -0.2) is 0 Å². The van der Waals surface area contributed by atoms with Crippen molar-refractivity contribution in [1.82, 2.24) is 0 Å². The second-order valence-electron chi connectivity index (χ2n) is 2.94. The molecule has 5 heteroatoms. The number of nitrogens with two attached hydrogens (primary N) is 1. The van der Waals surface area contributed by atoms with Gasteiger partial charge in [-0.15, -0.1) is 0 Å². The molecule has 0 aliphatic rings. The minimum absolute atomic E-state index is 0.0304. The summed E-state index contributed by atoms with van der Waals surface area (Å²) < 4.78 is 1.83. The van der Waals surface area contributed by atoms with Crippen molar-refractivity contribution in [2.75, 3.05) is 6.61 Å². The molecule has 0 spiro atoms. The summed E-state index contributed by atoms with van der Waals surface area (Å²) in [5, 5.41) is 18.5. The van der Waals surface area contributed by atoms with Gasteiger partial charge < -0.3 is 15.9 Å². The molecule has 0 bridgehead atoms. The molecular weight excluding hydrogens is 408 g/mol. The van der Waals surface area contributed by atoms with Crippen molar-refractivity contribution in [1.29, 1.82) is 0 Å². The van der Waals surface area contributed by atoms with E-state index in [4.69, 9.17) is 10.8 Å². The zero-order valence-corrected chi connectivity index (χ0v) is 11.7. The molecule has 0 radical (unpaired) electrons. The molecule has 3 nitrogen and oxygen atoms in total. The first kappa shape index (κ1) is 12.5. The van der Waals surface area contributed by atoms with Crippen LogP contribution in [0.1, 0.15) is 18.0 Å². The fraction of sp³-hybridized carbons (Fsp3) is 0.333. The maximum absolute atomic E-state index is 9.75. The molecule has 1 rings (SSSR count). The molecule has 0 unspecified atom stereocenters. The second kappa shape index (κ2) is 5.47. The number of benzene rings is 1. The van der Waals surface area contributed by atoms with E-state index < -0.39 is 0 Å². The van der Waals surface area contributed by atoms with Crippen molar-refractivity contribution in [3.05, 3.63) is 24.8 Å². The molecule has 14 heavy (non-hydrogen) atoms. The number of halogens is 2. The monoisotopic (exact) mass is 419 g/mol. The van der Waals surface area contributed by atoms with E-state index >= 15 is 0 Å². The molecule has 0 aliphatic heterocycles. The lowest BCUT2D eigenvalue weighted by Gasteiger charge is -2.13. The minimum Gasteiger partial charge on any atom is -0.506 e. The number of aliphatic hydroxyl groups is 1. The summed E-state index contributed by atoms with van der Waals surface area (Å²) in [6.45, 7) is 0.0304. The summed E-state index contributed by atoms with van der Waals surface area (Å²) >= 11 is 4.24. The molecule has 0 fully saturated rings. The lowest BCUT2D eigenvalue weighted by molar-refractivity contribution is 0.275. The highest BCUT2D eigenvalue weighted by Crippen LogP contribution is 2.31. The van der Waals surface area contributed by atoms with Crippen molar-refractivity contribution in [3.8, 4) is 5.75 Å². The van der Waals surface area contributed by atoms with Crippen LogP contribution in [-0.2, 0) is 0 Å². The van der Waals surface area contributed by atoms with Crippen LogP contribution < -0.4 is 5.73 Å². The first-order valence-corrected chi connectivity index (χ1v) is 6.26. The lowest BCUT2D eigenvalue weighted by Crippen LogP contribution is -2.12. The van der Waals surface area contributed by atoms with E-state index in [1.165, 1.54) is 0 Å². The quantitative estimate of drug-likeness (QED) is 0.657. The van der Waals surface area contributed by atoms with Crippen LogP contribution in [0.25, 0.3) is 0 Å². The zero-order chi connectivity index (χ0) is 10.7.